The van der Waals surface area contributed by atoms with E-state index in [4.69, 9.17) is 4.74 Å². The monoisotopic (exact) mass is 238 g/mol. The Labute approximate surface area is 123 Å². The summed E-state index contributed by atoms with van der Waals surface area (Å²) in [6.45, 7) is 3.18. The van der Waals surface area contributed by atoms with Crippen molar-refractivity contribution < 1.29 is 23.6 Å². The molecular formula is C16H23LiO. The normalized spacial score (nSPS) is 23.2. The Bertz CT molecular complexity index is 304. The van der Waals surface area contributed by atoms with Crippen LogP contribution in [0.4, 0.5) is 0 Å². The van der Waals surface area contributed by atoms with Gasteiger partial charge in [0, 0.05) is 5.75 Å². The van der Waals surface area contributed by atoms with Gasteiger partial charge in [-0.1, -0.05) is 32.6 Å². The first-order valence-electron chi connectivity index (χ1n) is 6.97. The van der Waals surface area contributed by atoms with Gasteiger partial charge in [-0.15, -0.1) is 12.1 Å². The van der Waals surface area contributed by atoms with Gasteiger partial charge in [-0.2, -0.15) is 18.2 Å². The molecule has 0 spiro atoms. The topological polar surface area (TPSA) is 9.23 Å². The molecule has 1 saturated carbocycles. The van der Waals surface area contributed by atoms with Crippen molar-refractivity contribution in [1.29, 1.82) is 0 Å². The van der Waals surface area contributed by atoms with Gasteiger partial charge in [0.2, 0.25) is 0 Å². The number of rotatable bonds is 5. The van der Waals surface area contributed by atoms with Gasteiger partial charge in [0.15, 0.2) is 0 Å². The molecule has 0 saturated heterocycles. The van der Waals surface area contributed by atoms with Crippen molar-refractivity contribution in [2.24, 2.45) is 11.8 Å². The smallest absolute Gasteiger partial charge is 0.519 e. The van der Waals surface area contributed by atoms with Crippen molar-refractivity contribution in [1.82, 2.24) is 0 Å². The molecule has 0 atom stereocenters. The Morgan fingerprint density at radius 3 is 2.33 bits per heavy atom. The van der Waals surface area contributed by atoms with Crippen LogP contribution in [0.1, 0.15) is 45.4 Å². The van der Waals surface area contributed by atoms with E-state index in [9.17, 15) is 0 Å². The van der Waals surface area contributed by atoms with E-state index < -0.39 is 0 Å². The first kappa shape index (κ1) is 15.7. The SMILES string of the molecule is CCCC1CCC(COc2cc[c-]cc2)CC1.[Li+]. The summed E-state index contributed by atoms with van der Waals surface area (Å²) < 4.78 is 5.82. The Hall–Kier alpha value is -0.383. The maximum Gasteiger partial charge on any atom is 1.00 e. The standard InChI is InChI=1S/C16H23O.Li/c1-2-6-14-9-11-15(12-10-14)13-17-16-7-4-3-5-8-16;/h4-5,7-8,14-15H,2,6,9-13H2,1H3;/q-1;+1. The molecule has 0 N–H and O–H groups in total. The molecule has 1 aromatic carbocycles. The molecule has 0 bridgehead atoms. The van der Waals surface area contributed by atoms with E-state index >= 15 is 0 Å². The predicted octanol–water partition coefficient (Wildman–Crippen LogP) is 1.48. The molecule has 0 aromatic heterocycles. The van der Waals surface area contributed by atoms with Gasteiger partial charge >= 0.3 is 18.9 Å². The molecule has 1 aromatic rings. The van der Waals surface area contributed by atoms with E-state index in [2.05, 4.69) is 13.0 Å². The molecule has 1 aliphatic carbocycles. The molecule has 94 valence electrons. The van der Waals surface area contributed by atoms with E-state index in [0.29, 0.717) is 0 Å². The third-order valence-corrected chi connectivity index (χ3v) is 3.84. The maximum atomic E-state index is 5.82. The summed E-state index contributed by atoms with van der Waals surface area (Å²) >= 11 is 0. The molecule has 1 aliphatic rings. The zero-order chi connectivity index (χ0) is 11.9. The molecule has 0 amide bonds. The summed E-state index contributed by atoms with van der Waals surface area (Å²) in [7, 11) is 0. The van der Waals surface area contributed by atoms with Crippen LogP contribution in [0.5, 0.6) is 5.75 Å². The zero-order valence-corrected chi connectivity index (χ0v) is 11.8. The average Bonchev–Trinajstić information content (AvgIpc) is 2.40. The summed E-state index contributed by atoms with van der Waals surface area (Å²) in [6, 6.07) is 10.8. The van der Waals surface area contributed by atoms with Crippen LogP contribution in [0.15, 0.2) is 24.3 Å². The average molecular weight is 238 g/mol. The van der Waals surface area contributed by atoms with E-state index in [1.165, 1.54) is 38.5 Å². The van der Waals surface area contributed by atoms with Crippen molar-refractivity contribution in [3.8, 4) is 5.75 Å². The van der Waals surface area contributed by atoms with Crippen LogP contribution in [0.3, 0.4) is 0 Å². The zero-order valence-electron chi connectivity index (χ0n) is 11.8. The Morgan fingerprint density at radius 1 is 1.11 bits per heavy atom. The van der Waals surface area contributed by atoms with Crippen LogP contribution in [-0.2, 0) is 0 Å². The van der Waals surface area contributed by atoms with Crippen LogP contribution < -0.4 is 23.6 Å². The maximum absolute atomic E-state index is 5.82. The van der Waals surface area contributed by atoms with Crippen molar-refractivity contribution in [3.05, 3.63) is 30.3 Å². The van der Waals surface area contributed by atoms with Crippen molar-refractivity contribution in [3.63, 3.8) is 0 Å². The van der Waals surface area contributed by atoms with Crippen LogP contribution in [0.2, 0.25) is 0 Å². The first-order chi connectivity index (χ1) is 8.38. The van der Waals surface area contributed by atoms with Crippen LogP contribution in [0.25, 0.3) is 0 Å². The quantitative estimate of drug-likeness (QED) is 0.557. The molecule has 0 radical (unpaired) electrons. The van der Waals surface area contributed by atoms with Gasteiger partial charge in [-0.05, 0) is 24.7 Å². The van der Waals surface area contributed by atoms with Crippen molar-refractivity contribution in [2.75, 3.05) is 6.61 Å². The fourth-order valence-corrected chi connectivity index (χ4v) is 2.78. The van der Waals surface area contributed by atoms with Gasteiger partial charge in [0.1, 0.15) is 0 Å². The number of ether oxygens (including phenoxy) is 1. The van der Waals surface area contributed by atoms with E-state index in [0.717, 1.165) is 24.2 Å². The largest absolute Gasteiger partial charge is 1.00 e. The summed E-state index contributed by atoms with van der Waals surface area (Å²) in [5.74, 6) is 2.74. The number of hydrogen-bond acceptors (Lipinski definition) is 1. The molecule has 0 heterocycles. The van der Waals surface area contributed by atoms with E-state index in [1.807, 2.05) is 24.3 Å². The second-order valence-corrected chi connectivity index (χ2v) is 5.22. The summed E-state index contributed by atoms with van der Waals surface area (Å²) in [6.07, 6.45) is 8.27. The van der Waals surface area contributed by atoms with Gasteiger partial charge in [0.25, 0.3) is 0 Å². The molecule has 1 fully saturated rings. The molecule has 0 unspecified atom stereocenters. The Kier molecular flexibility index (Phi) is 7.55. The molecular weight excluding hydrogens is 215 g/mol. The number of benzene rings is 1. The van der Waals surface area contributed by atoms with Crippen molar-refractivity contribution in [2.45, 2.75) is 45.4 Å². The predicted molar refractivity (Wildman–Crippen MR) is 71.1 cm³/mol. The molecule has 2 heteroatoms. The molecule has 2 rings (SSSR count). The summed E-state index contributed by atoms with van der Waals surface area (Å²) in [4.78, 5) is 0. The third-order valence-electron chi connectivity index (χ3n) is 3.84. The Balaban J connectivity index is 0.00000162. The van der Waals surface area contributed by atoms with Crippen molar-refractivity contribution >= 4 is 0 Å². The molecule has 1 nitrogen and oxygen atoms in total. The summed E-state index contributed by atoms with van der Waals surface area (Å²) in [5.41, 5.74) is 0. The number of hydrogen-bond donors (Lipinski definition) is 0. The van der Waals surface area contributed by atoms with Gasteiger partial charge in [-0.25, -0.2) is 0 Å². The van der Waals surface area contributed by atoms with E-state index in [1.54, 1.807) is 0 Å². The first-order valence-corrected chi connectivity index (χ1v) is 6.97. The minimum atomic E-state index is 0. The fraction of sp³-hybridized carbons (Fsp3) is 0.625. The Morgan fingerprint density at radius 2 is 1.72 bits per heavy atom. The van der Waals surface area contributed by atoms with Gasteiger partial charge < -0.3 is 4.74 Å². The van der Waals surface area contributed by atoms with Crippen LogP contribution in [-0.4, -0.2) is 6.61 Å². The van der Waals surface area contributed by atoms with Gasteiger partial charge in [0.05, 0.1) is 6.61 Å². The minimum Gasteiger partial charge on any atom is -0.519 e. The van der Waals surface area contributed by atoms with Crippen LogP contribution in [0, 0.1) is 17.9 Å². The molecule has 0 aliphatic heterocycles. The second-order valence-electron chi connectivity index (χ2n) is 5.22. The van der Waals surface area contributed by atoms with Crippen LogP contribution >= 0.6 is 0 Å². The van der Waals surface area contributed by atoms with Gasteiger partial charge in [-0.3, -0.25) is 0 Å². The van der Waals surface area contributed by atoms with E-state index in [-0.39, 0.29) is 18.9 Å². The summed E-state index contributed by atoms with van der Waals surface area (Å²) in [5, 5.41) is 0. The third kappa shape index (κ3) is 5.08. The molecule has 18 heavy (non-hydrogen) atoms. The fourth-order valence-electron chi connectivity index (χ4n) is 2.78. The minimum absolute atomic E-state index is 0. The second kappa shape index (κ2) is 8.67.